The van der Waals surface area contributed by atoms with Crippen LogP contribution in [0.3, 0.4) is 0 Å². The largest absolute Gasteiger partial charge is 0.385 e. The number of rotatable bonds is 8. The maximum Gasteiger partial charge on any atom is 0.165 e. The second-order valence-electron chi connectivity index (χ2n) is 3.89. The summed E-state index contributed by atoms with van der Waals surface area (Å²) in [6, 6.07) is 0. The normalized spacial score (nSPS) is 19.6. The van der Waals surface area contributed by atoms with Crippen molar-refractivity contribution in [1.29, 1.82) is 0 Å². The molecular weight excluding hydrogens is 196 g/mol. The van der Waals surface area contributed by atoms with Crippen LogP contribution < -0.4 is 0 Å². The molecule has 0 atom stereocenters. The summed E-state index contributed by atoms with van der Waals surface area (Å²) < 4.78 is 21.4. The van der Waals surface area contributed by atoms with E-state index >= 15 is 0 Å². The molecule has 1 aliphatic rings. The van der Waals surface area contributed by atoms with Crippen molar-refractivity contribution in [1.82, 2.24) is 0 Å². The third-order valence-electron chi connectivity index (χ3n) is 2.45. The third-order valence-corrected chi connectivity index (χ3v) is 2.45. The predicted octanol–water partition coefficient (Wildman–Crippen LogP) is 1.58. The Labute approximate surface area is 91.8 Å². The lowest BCUT2D eigenvalue weighted by Crippen LogP contribution is -2.25. The molecule has 0 bridgehead atoms. The zero-order valence-corrected chi connectivity index (χ0v) is 9.79. The van der Waals surface area contributed by atoms with Gasteiger partial charge in [-0.2, -0.15) is 0 Å². The van der Waals surface area contributed by atoms with E-state index in [9.17, 15) is 0 Å². The van der Waals surface area contributed by atoms with Crippen LogP contribution in [0.1, 0.15) is 26.2 Å². The number of hydrogen-bond acceptors (Lipinski definition) is 4. The van der Waals surface area contributed by atoms with E-state index in [1.807, 2.05) is 6.92 Å². The molecule has 1 fully saturated rings. The van der Waals surface area contributed by atoms with E-state index in [-0.39, 0.29) is 5.79 Å². The summed E-state index contributed by atoms with van der Waals surface area (Å²) >= 11 is 0. The van der Waals surface area contributed by atoms with Crippen LogP contribution in [0.5, 0.6) is 0 Å². The van der Waals surface area contributed by atoms with Gasteiger partial charge in [-0.3, -0.25) is 0 Å². The summed E-state index contributed by atoms with van der Waals surface area (Å²) in [6.07, 6.45) is 2.83. The Morgan fingerprint density at radius 3 is 2.40 bits per heavy atom. The van der Waals surface area contributed by atoms with Crippen LogP contribution in [0.25, 0.3) is 0 Å². The van der Waals surface area contributed by atoms with Gasteiger partial charge in [0.05, 0.1) is 13.2 Å². The maximum absolute atomic E-state index is 5.49. The number of ether oxygens (including phenoxy) is 4. The summed E-state index contributed by atoms with van der Waals surface area (Å²) in [4.78, 5) is 0. The summed E-state index contributed by atoms with van der Waals surface area (Å²) in [5.74, 6) is -0.365. The van der Waals surface area contributed by atoms with Gasteiger partial charge in [-0.05, 0) is 19.8 Å². The highest BCUT2D eigenvalue weighted by Crippen LogP contribution is 2.23. The van der Waals surface area contributed by atoms with Crippen molar-refractivity contribution in [3.8, 4) is 0 Å². The molecule has 0 saturated carbocycles. The fourth-order valence-electron chi connectivity index (χ4n) is 1.60. The van der Waals surface area contributed by atoms with Crippen LogP contribution in [-0.4, -0.2) is 45.9 Å². The third kappa shape index (κ3) is 5.47. The first-order valence-electron chi connectivity index (χ1n) is 5.61. The van der Waals surface area contributed by atoms with Crippen molar-refractivity contribution in [2.24, 2.45) is 0 Å². The van der Waals surface area contributed by atoms with E-state index in [0.717, 1.165) is 39.1 Å². The molecule has 4 nitrogen and oxygen atoms in total. The molecule has 0 aromatic heterocycles. The molecule has 1 heterocycles. The van der Waals surface area contributed by atoms with Crippen LogP contribution in [-0.2, 0) is 18.9 Å². The zero-order chi connectivity index (χ0) is 11.0. The molecule has 1 aliphatic heterocycles. The Kier molecular flexibility index (Phi) is 6.17. The Bertz CT molecular complexity index is 155. The Morgan fingerprint density at radius 2 is 1.73 bits per heavy atom. The van der Waals surface area contributed by atoms with Gasteiger partial charge in [-0.25, -0.2) is 0 Å². The summed E-state index contributed by atoms with van der Waals surface area (Å²) in [5.41, 5.74) is 0. The fraction of sp³-hybridized carbons (Fsp3) is 1.00. The van der Waals surface area contributed by atoms with Gasteiger partial charge < -0.3 is 18.9 Å². The number of hydrogen-bond donors (Lipinski definition) is 0. The highest BCUT2D eigenvalue weighted by molar-refractivity contribution is 4.67. The maximum atomic E-state index is 5.49. The smallest absolute Gasteiger partial charge is 0.165 e. The molecule has 0 unspecified atom stereocenters. The minimum Gasteiger partial charge on any atom is -0.385 e. The van der Waals surface area contributed by atoms with Gasteiger partial charge in [0.25, 0.3) is 0 Å². The first-order valence-corrected chi connectivity index (χ1v) is 5.61. The van der Waals surface area contributed by atoms with Crippen LogP contribution in [0, 0.1) is 0 Å². The van der Waals surface area contributed by atoms with Crippen molar-refractivity contribution >= 4 is 0 Å². The Morgan fingerprint density at radius 1 is 1.07 bits per heavy atom. The van der Waals surface area contributed by atoms with Gasteiger partial charge in [0, 0.05) is 33.4 Å². The van der Waals surface area contributed by atoms with Crippen molar-refractivity contribution < 1.29 is 18.9 Å². The van der Waals surface area contributed by atoms with Gasteiger partial charge in [0.15, 0.2) is 5.79 Å². The van der Waals surface area contributed by atoms with E-state index in [1.165, 1.54) is 0 Å². The molecular formula is C11H22O4. The van der Waals surface area contributed by atoms with Gasteiger partial charge in [-0.15, -0.1) is 0 Å². The molecule has 0 aromatic carbocycles. The lowest BCUT2D eigenvalue weighted by molar-refractivity contribution is -0.149. The van der Waals surface area contributed by atoms with Crippen molar-refractivity contribution in [3.05, 3.63) is 0 Å². The Balaban J connectivity index is 1.88. The van der Waals surface area contributed by atoms with Crippen LogP contribution >= 0.6 is 0 Å². The van der Waals surface area contributed by atoms with E-state index < -0.39 is 0 Å². The fourth-order valence-corrected chi connectivity index (χ4v) is 1.60. The van der Waals surface area contributed by atoms with Crippen molar-refractivity contribution in [2.45, 2.75) is 32.0 Å². The van der Waals surface area contributed by atoms with Gasteiger partial charge in [-0.1, -0.05) is 0 Å². The highest BCUT2D eigenvalue weighted by Gasteiger charge is 2.29. The van der Waals surface area contributed by atoms with E-state index in [1.54, 1.807) is 7.11 Å². The predicted molar refractivity (Wildman–Crippen MR) is 56.9 cm³/mol. The lowest BCUT2D eigenvalue weighted by atomic mass is 10.2. The SMILES string of the molecule is COCCCOCCCC1(C)OCCO1. The van der Waals surface area contributed by atoms with Crippen LogP contribution in [0.4, 0.5) is 0 Å². The summed E-state index contributed by atoms with van der Waals surface area (Å²) in [6.45, 7) is 5.73. The minimum atomic E-state index is -0.365. The Hall–Kier alpha value is -0.160. The van der Waals surface area contributed by atoms with Crippen molar-refractivity contribution in [3.63, 3.8) is 0 Å². The quantitative estimate of drug-likeness (QED) is 0.580. The van der Waals surface area contributed by atoms with Gasteiger partial charge in [0.2, 0.25) is 0 Å². The molecule has 0 aromatic rings. The average Bonchev–Trinajstić information content (AvgIpc) is 2.64. The molecule has 15 heavy (non-hydrogen) atoms. The zero-order valence-electron chi connectivity index (χ0n) is 9.79. The number of methoxy groups -OCH3 is 1. The molecule has 90 valence electrons. The molecule has 0 radical (unpaired) electrons. The minimum absolute atomic E-state index is 0.365. The second-order valence-corrected chi connectivity index (χ2v) is 3.89. The van der Waals surface area contributed by atoms with Gasteiger partial charge in [0.1, 0.15) is 0 Å². The lowest BCUT2D eigenvalue weighted by Gasteiger charge is -2.21. The van der Waals surface area contributed by atoms with E-state index in [0.29, 0.717) is 13.2 Å². The molecule has 0 amide bonds. The van der Waals surface area contributed by atoms with Gasteiger partial charge >= 0.3 is 0 Å². The topological polar surface area (TPSA) is 36.9 Å². The standard InChI is InChI=1S/C11H22O4/c1-11(14-9-10-15-11)5-3-7-13-8-4-6-12-2/h3-10H2,1-2H3. The first kappa shape index (κ1) is 12.9. The monoisotopic (exact) mass is 218 g/mol. The van der Waals surface area contributed by atoms with Crippen LogP contribution in [0.2, 0.25) is 0 Å². The summed E-state index contributed by atoms with van der Waals surface area (Å²) in [7, 11) is 1.70. The average molecular weight is 218 g/mol. The molecule has 0 spiro atoms. The highest BCUT2D eigenvalue weighted by atomic mass is 16.7. The second kappa shape index (κ2) is 7.17. The summed E-state index contributed by atoms with van der Waals surface area (Å²) in [5, 5.41) is 0. The molecule has 1 rings (SSSR count). The van der Waals surface area contributed by atoms with E-state index in [4.69, 9.17) is 18.9 Å². The molecule has 0 N–H and O–H groups in total. The van der Waals surface area contributed by atoms with Crippen LogP contribution in [0.15, 0.2) is 0 Å². The molecule has 4 heteroatoms. The molecule has 1 saturated heterocycles. The molecule has 0 aliphatic carbocycles. The first-order chi connectivity index (χ1) is 7.27. The van der Waals surface area contributed by atoms with Crippen molar-refractivity contribution in [2.75, 3.05) is 40.1 Å². The van der Waals surface area contributed by atoms with E-state index in [2.05, 4.69) is 0 Å².